The second-order valence-corrected chi connectivity index (χ2v) is 9.51. The van der Waals surface area contributed by atoms with Crippen LogP contribution in [0, 0.1) is 19.3 Å². The number of fused-ring (bicyclic) bond motifs is 1. The van der Waals surface area contributed by atoms with E-state index in [1.165, 1.54) is 5.56 Å². The van der Waals surface area contributed by atoms with E-state index in [9.17, 15) is 9.90 Å². The van der Waals surface area contributed by atoms with Crippen LogP contribution in [0.5, 0.6) is 5.75 Å². The van der Waals surface area contributed by atoms with Crippen molar-refractivity contribution in [3.05, 3.63) is 53.7 Å². The number of rotatable bonds is 5. The summed E-state index contributed by atoms with van der Waals surface area (Å²) >= 11 is 0. The molecule has 5 rings (SSSR count). The minimum absolute atomic E-state index is 0.600. The van der Waals surface area contributed by atoms with Gasteiger partial charge in [0.2, 0.25) is 0 Å². The van der Waals surface area contributed by atoms with Crippen LogP contribution < -0.4 is 9.64 Å². The second-order valence-electron chi connectivity index (χ2n) is 9.51. The quantitative estimate of drug-likeness (QED) is 0.422. The fourth-order valence-electron chi connectivity index (χ4n) is 4.64. The number of benzene rings is 1. The molecule has 0 amide bonds. The van der Waals surface area contributed by atoms with Gasteiger partial charge in [-0.15, -0.1) is 0 Å². The first kappa shape index (κ1) is 22.8. The largest absolute Gasteiger partial charge is 0.494 e. The molecule has 4 heterocycles. The van der Waals surface area contributed by atoms with E-state index in [0.717, 1.165) is 44.9 Å². The highest BCUT2D eigenvalue weighted by Crippen LogP contribution is 2.37. The maximum absolute atomic E-state index is 11.5. The Labute approximate surface area is 204 Å². The molecule has 0 aliphatic carbocycles. The van der Waals surface area contributed by atoms with E-state index < -0.39 is 11.4 Å². The molecule has 1 aliphatic heterocycles. The summed E-state index contributed by atoms with van der Waals surface area (Å²) in [5, 5.41) is 17.1. The maximum atomic E-state index is 11.5. The number of ether oxygens (including phenoxy) is 1. The van der Waals surface area contributed by atoms with E-state index in [1.54, 1.807) is 13.3 Å². The summed E-state index contributed by atoms with van der Waals surface area (Å²) in [6.45, 7) is 7.34. The Bertz CT molecular complexity index is 1400. The molecule has 4 aromatic rings. The zero-order valence-electron chi connectivity index (χ0n) is 20.4. The lowest BCUT2D eigenvalue weighted by Crippen LogP contribution is -2.43. The minimum atomic E-state index is -0.727. The van der Waals surface area contributed by atoms with Gasteiger partial charge < -0.3 is 14.7 Å². The number of carboxylic acids is 1. The maximum Gasteiger partial charge on any atom is 0.309 e. The number of hydrogen-bond acceptors (Lipinski definition) is 6. The fourth-order valence-corrected chi connectivity index (χ4v) is 4.64. The van der Waals surface area contributed by atoms with Gasteiger partial charge in [0.15, 0.2) is 0 Å². The van der Waals surface area contributed by atoms with Crippen molar-refractivity contribution >= 4 is 22.8 Å². The third kappa shape index (κ3) is 3.99. The zero-order valence-corrected chi connectivity index (χ0v) is 20.4. The van der Waals surface area contributed by atoms with Crippen molar-refractivity contribution in [2.45, 2.75) is 33.6 Å². The highest BCUT2D eigenvalue weighted by atomic mass is 16.5. The summed E-state index contributed by atoms with van der Waals surface area (Å²) in [6.07, 6.45) is 3.00. The summed E-state index contributed by atoms with van der Waals surface area (Å²) < 4.78 is 5.67. The monoisotopic (exact) mass is 471 g/mol. The lowest BCUT2D eigenvalue weighted by molar-refractivity contribution is -0.149. The molecule has 8 heteroatoms. The topological polar surface area (TPSA) is 104 Å². The van der Waals surface area contributed by atoms with Crippen molar-refractivity contribution < 1.29 is 14.6 Å². The Kier molecular flexibility index (Phi) is 5.67. The molecule has 1 aliphatic rings. The molecule has 1 fully saturated rings. The van der Waals surface area contributed by atoms with Gasteiger partial charge in [0, 0.05) is 36.5 Å². The van der Waals surface area contributed by atoms with Crippen LogP contribution in [0.1, 0.15) is 30.9 Å². The summed E-state index contributed by atoms with van der Waals surface area (Å²) in [5.74, 6) is 0.801. The van der Waals surface area contributed by atoms with E-state index >= 15 is 0 Å². The Balaban J connectivity index is 1.48. The third-order valence-corrected chi connectivity index (χ3v) is 7.31. The van der Waals surface area contributed by atoms with Crippen LogP contribution in [0.2, 0.25) is 0 Å². The molecule has 0 spiro atoms. The molecule has 0 bridgehead atoms. The summed E-state index contributed by atoms with van der Waals surface area (Å²) in [5.41, 5.74) is 6.64. The molecule has 2 N–H and O–H groups in total. The first-order chi connectivity index (χ1) is 16.8. The van der Waals surface area contributed by atoms with Crippen molar-refractivity contribution in [1.82, 2.24) is 20.2 Å². The van der Waals surface area contributed by atoms with Crippen molar-refractivity contribution in [3.8, 4) is 28.3 Å². The van der Waals surface area contributed by atoms with Crippen LogP contribution in [0.25, 0.3) is 33.5 Å². The summed E-state index contributed by atoms with van der Waals surface area (Å²) in [4.78, 5) is 23.3. The fraction of sp³-hybridized carbons (Fsp3) is 0.333. The van der Waals surface area contributed by atoms with Gasteiger partial charge in [-0.05, 0) is 56.9 Å². The molecule has 0 unspecified atom stereocenters. The number of nitrogens with zero attached hydrogens (tertiary/aromatic N) is 4. The van der Waals surface area contributed by atoms with Crippen LogP contribution in [0.15, 0.2) is 42.6 Å². The van der Waals surface area contributed by atoms with Crippen LogP contribution in [0.4, 0.5) is 5.82 Å². The average molecular weight is 472 g/mol. The van der Waals surface area contributed by atoms with Gasteiger partial charge in [0.05, 0.1) is 18.0 Å². The standard InChI is InChI=1S/C27H29N5O3/c1-16-6-5-7-19(17(16)2)24-21(35-4)14-20-25(29-24)23(31-30-20)18-8-9-22(28-15-18)32-12-10-27(3,11-13-32)26(33)34/h5-9,14-15H,10-13H2,1-4H3,(H,30,31)(H,33,34). The van der Waals surface area contributed by atoms with E-state index in [2.05, 4.69) is 46.1 Å². The van der Waals surface area contributed by atoms with Crippen LogP contribution in [-0.2, 0) is 4.79 Å². The molecule has 3 aromatic heterocycles. The molecular formula is C27H29N5O3. The number of methoxy groups -OCH3 is 1. The Morgan fingerprint density at radius 2 is 1.91 bits per heavy atom. The number of anilines is 1. The van der Waals surface area contributed by atoms with Gasteiger partial charge in [0.1, 0.15) is 28.5 Å². The number of hydrogen-bond donors (Lipinski definition) is 2. The van der Waals surface area contributed by atoms with Crippen LogP contribution >= 0.6 is 0 Å². The van der Waals surface area contributed by atoms with E-state index in [0.29, 0.717) is 31.7 Å². The smallest absolute Gasteiger partial charge is 0.309 e. The average Bonchev–Trinajstić information content (AvgIpc) is 3.28. The lowest BCUT2D eigenvalue weighted by atomic mass is 9.80. The van der Waals surface area contributed by atoms with Gasteiger partial charge in [-0.25, -0.2) is 9.97 Å². The first-order valence-corrected chi connectivity index (χ1v) is 11.8. The number of pyridine rings is 2. The third-order valence-electron chi connectivity index (χ3n) is 7.31. The number of carboxylic acid groups (broad SMARTS) is 1. The summed E-state index contributed by atoms with van der Waals surface area (Å²) in [6, 6.07) is 12.1. The van der Waals surface area contributed by atoms with Crippen molar-refractivity contribution in [1.29, 1.82) is 0 Å². The first-order valence-electron chi connectivity index (χ1n) is 11.8. The number of aryl methyl sites for hydroxylation is 1. The molecule has 180 valence electrons. The Hall–Kier alpha value is -3.94. The molecule has 35 heavy (non-hydrogen) atoms. The van der Waals surface area contributed by atoms with Crippen molar-refractivity contribution in [3.63, 3.8) is 0 Å². The number of carbonyl (C=O) groups is 1. The van der Waals surface area contributed by atoms with E-state index in [4.69, 9.17) is 9.72 Å². The number of piperidine rings is 1. The highest BCUT2D eigenvalue weighted by Gasteiger charge is 2.37. The Morgan fingerprint density at radius 3 is 2.57 bits per heavy atom. The van der Waals surface area contributed by atoms with Gasteiger partial charge in [-0.1, -0.05) is 18.2 Å². The molecule has 0 radical (unpaired) electrons. The molecule has 8 nitrogen and oxygen atoms in total. The number of aromatic nitrogens is 4. The van der Waals surface area contributed by atoms with Gasteiger partial charge in [-0.2, -0.15) is 5.10 Å². The zero-order chi connectivity index (χ0) is 24.7. The van der Waals surface area contributed by atoms with Gasteiger partial charge >= 0.3 is 5.97 Å². The van der Waals surface area contributed by atoms with Gasteiger partial charge in [-0.3, -0.25) is 9.89 Å². The molecule has 0 atom stereocenters. The molecular weight excluding hydrogens is 442 g/mol. The number of aliphatic carboxylic acids is 1. The SMILES string of the molecule is COc1cc2[nH]nc(-c3ccc(N4CCC(C)(C(=O)O)CC4)nc3)c2nc1-c1cccc(C)c1C. The minimum Gasteiger partial charge on any atom is -0.494 e. The predicted octanol–water partition coefficient (Wildman–Crippen LogP) is 5.00. The second kappa shape index (κ2) is 8.69. The van der Waals surface area contributed by atoms with Crippen LogP contribution in [-0.4, -0.2) is 51.4 Å². The van der Waals surface area contributed by atoms with Gasteiger partial charge in [0.25, 0.3) is 0 Å². The molecule has 0 saturated carbocycles. The van der Waals surface area contributed by atoms with E-state index in [1.807, 2.05) is 31.2 Å². The Morgan fingerprint density at radius 1 is 1.14 bits per heavy atom. The lowest BCUT2D eigenvalue weighted by Gasteiger charge is -2.37. The molecule has 1 aromatic carbocycles. The molecule has 1 saturated heterocycles. The number of aromatic amines is 1. The number of nitrogens with one attached hydrogen (secondary N) is 1. The number of H-pyrrole nitrogens is 1. The normalized spacial score (nSPS) is 15.4. The summed E-state index contributed by atoms with van der Waals surface area (Å²) in [7, 11) is 1.65. The highest BCUT2D eigenvalue weighted by molar-refractivity contribution is 5.93. The van der Waals surface area contributed by atoms with E-state index in [-0.39, 0.29) is 0 Å². The van der Waals surface area contributed by atoms with Crippen molar-refractivity contribution in [2.75, 3.05) is 25.1 Å². The van der Waals surface area contributed by atoms with Crippen LogP contribution in [0.3, 0.4) is 0 Å². The predicted molar refractivity (Wildman–Crippen MR) is 136 cm³/mol. The van der Waals surface area contributed by atoms with Crippen molar-refractivity contribution in [2.24, 2.45) is 5.41 Å².